The lowest BCUT2D eigenvalue weighted by Gasteiger charge is -2.34. The fraction of sp³-hybridized carbons (Fsp3) is 0.417. The lowest BCUT2D eigenvalue weighted by molar-refractivity contribution is -0.136. The first-order valence-corrected chi connectivity index (χ1v) is 10.8. The normalized spacial score (nSPS) is 14.4. The molecule has 0 radical (unpaired) electrons. The minimum absolute atomic E-state index is 0.0800. The van der Waals surface area contributed by atoms with Crippen molar-refractivity contribution in [3.05, 3.63) is 54.6 Å². The van der Waals surface area contributed by atoms with Crippen LogP contribution in [-0.4, -0.2) is 36.0 Å². The predicted octanol–water partition coefficient (Wildman–Crippen LogP) is 5.03. The average molecular weight is 410 g/mol. The van der Waals surface area contributed by atoms with Gasteiger partial charge in [0.05, 0.1) is 0 Å². The van der Waals surface area contributed by atoms with E-state index in [1.54, 1.807) is 0 Å². The second kappa shape index (κ2) is 10.7. The molecule has 1 heterocycles. The number of ether oxygens (including phenoxy) is 1. The summed E-state index contributed by atoms with van der Waals surface area (Å²) in [5.74, 6) is 1.85. The number of para-hydroxylation sites is 1. The van der Waals surface area contributed by atoms with Crippen molar-refractivity contribution >= 4 is 17.6 Å². The van der Waals surface area contributed by atoms with E-state index in [0.717, 1.165) is 31.4 Å². The van der Waals surface area contributed by atoms with Gasteiger partial charge in [0.2, 0.25) is 5.91 Å². The zero-order valence-electron chi connectivity index (χ0n) is 17.8. The van der Waals surface area contributed by atoms with Crippen LogP contribution in [0.15, 0.2) is 54.6 Å². The van der Waals surface area contributed by atoms with Gasteiger partial charge in [-0.15, -0.1) is 0 Å². The molecule has 0 aliphatic carbocycles. The molecule has 0 bridgehead atoms. The lowest BCUT2D eigenvalue weighted by atomic mass is 9.98. The van der Waals surface area contributed by atoms with E-state index < -0.39 is 0 Å². The number of hydrogen-bond donors (Lipinski definition) is 2. The second-order valence-electron chi connectivity index (χ2n) is 7.65. The maximum absolute atomic E-state index is 12.5. The number of benzene rings is 2. The summed E-state index contributed by atoms with van der Waals surface area (Å²) in [6.07, 6.45) is 3.32. The van der Waals surface area contributed by atoms with E-state index in [9.17, 15) is 9.59 Å². The number of hydrogen-bond acceptors (Lipinski definition) is 3. The van der Waals surface area contributed by atoms with Crippen molar-refractivity contribution in [2.24, 2.45) is 5.92 Å². The monoisotopic (exact) mass is 409 g/mol. The zero-order valence-corrected chi connectivity index (χ0v) is 17.8. The van der Waals surface area contributed by atoms with Crippen LogP contribution in [0, 0.1) is 5.92 Å². The SMILES string of the molecule is CCC(CC)C(=O)N1CCC(NC(=O)Nc2ccc(Oc3ccccc3)cc2)CC1. The topological polar surface area (TPSA) is 70.7 Å². The molecule has 6 heteroatoms. The first-order chi connectivity index (χ1) is 14.6. The Morgan fingerprint density at radius 2 is 1.57 bits per heavy atom. The Bertz CT molecular complexity index is 811. The average Bonchev–Trinajstić information content (AvgIpc) is 2.77. The molecule has 3 amide bonds. The van der Waals surface area contributed by atoms with E-state index in [2.05, 4.69) is 24.5 Å². The fourth-order valence-electron chi connectivity index (χ4n) is 3.72. The van der Waals surface area contributed by atoms with Crippen LogP contribution >= 0.6 is 0 Å². The summed E-state index contributed by atoms with van der Waals surface area (Å²) in [5, 5.41) is 5.88. The van der Waals surface area contributed by atoms with Gasteiger partial charge in [0.25, 0.3) is 0 Å². The Hall–Kier alpha value is -3.02. The number of rotatable bonds is 7. The molecule has 0 spiro atoms. The molecule has 2 aromatic rings. The van der Waals surface area contributed by atoms with Gasteiger partial charge in [-0.25, -0.2) is 4.79 Å². The molecular formula is C24H31N3O3. The zero-order chi connectivity index (χ0) is 21.3. The van der Waals surface area contributed by atoms with Crippen molar-refractivity contribution in [2.75, 3.05) is 18.4 Å². The van der Waals surface area contributed by atoms with E-state index in [0.29, 0.717) is 24.5 Å². The maximum Gasteiger partial charge on any atom is 0.319 e. The van der Waals surface area contributed by atoms with E-state index in [4.69, 9.17) is 4.74 Å². The first-order valence-electron chi connectivity index (χ1n) is 10.8. The molecule has 0 aromatic heterocycles. The highest BCUT2D eigenvalue weighted by Gasteiger charge is 2.27. The number of amides is 3. The van der Waals surface area contributed by atoms with Crippen LogP contribution in [-0.2, 0) is 4.79 Å². The summed E-state index contributed by atoms with van der Waals surface area (Å²) >= 11 is 0. The van der Waals surface area contributed by atoms with Gasteiger partial charge in [0.1, 0.15) is 11.5 Å². The maximum atomic E-state index is 12.5. The fourth-order valence-corrected chi connectivity index (χ4v) is 3.72. The quantitative estimate of drug-likeness (QED) is 0.674. The Morgan fingerprint density at radius 3 is 2.17 bits per heavy atom. The lowest BCUT2D eigenvalue weighted by Crippen LogP contribution is -2.48. The largest absolute Gasteiger partial charge is 0.457 e. The number of carbonyl (C=O) groups excluding carboxylic acids is 2. The predicted molar refractivity (Wildman–Crippen MR) is 119 cm³/mol. The van der Waals surface area contributed by atoms with Gasteiger partial charge in [-0.05, 0) is 62.1 Å². The Kier molecular flexibility index (Phi) is 7.71. The van der Waals surface area contributed by atoms with Crippen molar-refractivity contribution in [1.82, 2.24) is 10.2 Å². The molecule has 6 nitrogen and oxygen atoms in total. The summed E-state index contributed by atoms with van der Waals surface area (Å²) in [6.45, 7) is 5.52. The number of piperidine rings is 1. The van der Waals surface area contributed by atoms with Crippen LogP contribution in [0.2, 0.25) is 0 Å². The molecule has 30 heavy (non-hydrogen) atoms. The molecule has 1 fully saturated rings. The van der Waals surface area contributed by atoms with Gasteiger partial charge in [-0.1, -0.05) is 32.0 Å². The Morgan fingerprint density at radius 1 is 0.967 bits per heavy atom. The minimum Gasteiger partial charge on any atom is -0.457 e. The number of urea groups is 1. The third-order valence-corrected chi connectivity index (χ3v) is 5.57. The summed E-state index contributed by atoms with van der Waals surface area (Å²) in [6, 6.07) is 16.7. The van der Waals surface area contributed by atoms with Crippen LogP contribution in [0.1, 0.15) is 39.5 Å². The summed E-state index contributed by atoms with van der Waals surface area (Å²) in [4.78, 5) is 26.8. The Labute approximate surface area is 178 Å². The highest BCUT2D eigenvalue weighted by molar-refractivity contribution is 5.89. The highest BCUT2D eigenvalue weighted by Crippen LogP contribution is 2.23. The molecule has 0 unspecified atom stereocenters. The third-order valence-electron chi connectivity index (χ3n) is 5.57. The van der Waals surface area contributed by atoms with Crippen molar-refractivity contribution in [3.63, 3.8) is 0 Å². The standard InChI is InChI=1S/C24H31N3O3/c1-3-18(4-2)23(28)27-16-14-20(15-17-27)26-24(29)25-19-10-12-22(13-11-19)30-21-8-6-5-7-9-21/h5-13,18,20H,3-4,14-17H2,1-2H3,(H2,25,26,29). The van der Waals surface area contributed by atoms with Crippen LogP contribution in [0.3, 0.4) is 0 Å². The number of anilines is 1. The van der Waals surface area contributed by atoms with Gasteiger partial charge >= 0.3 is 6.03 Å². The van der Waals surface area contributed by atoms with Crippen molar-refractivity contribution in [2.45, 2.75) is 45.6 Å². The molecule has 160 valence electrons. The van der Waals surface area contributed by atoms with Crippen molar-refractivity contribution in [3.8, 4) is 11.5 Å². The number of carbonyl (C=O) groups is 2. The molecule has 0 atom stereocenters. The number of nitrogens with zero attached hydrogens (tertiary/aromatic N) is 1. The van der Waals surface area contributed by atoms with Crippen LogP contribution in [0.4, 0.5) is 10.5 Å². The second-order valence-corrected chi connectivity index (χ2v) is 7.65. The van der Waals surface area contributed by atoms with E-state index >= 15 is 0 Å². The van der Waals surface area contributed by atoms with E-state index in [1.165, 1.54) is 0 Å². The van der Waals surface area contributed by atoms with Crippen molar-refractivity contribution < 1.29 is 14.3 Å². The van der Waals surface area contributed by atoms with Crippen molar-refractivity contribution in [1.29, 1.82) is 0 Å². The van der Waals surface area contributed by atoms with Gasteiger partial charge in [-0.3, -0.25) is 4.79 Å². The summed E-state index contributed by atoms with van der Waals surface area (Å²) in [5.41, 5.74) is 0.703. The number of nitrogens with one attached hydrogen (secondary N) is 2. The molecule has 1 saturated heterocycles. The van der Waals surface area contributed by atoms with E-state index in [1.807, 2.05) is 59.5 Å². The molecule has 1 aliphatic heterocycles. The third kappa shape index (κ3) is 5.99. The number of likely N-dealkylation sites (tertiary alicyclic amines) is 1. The molecule has 2 aromatic carbocycles. The highest BCUT2D eigenvalue weighted by atomic mass is 16.5. The summed E-state index contributed by atoms with van der Waals surface area (Å²) in [7, 11) is 0. The van der Waals surface area contributed by atoms with E-state index in [-0.39, 0.29) is 23.9 Å². The molecule has 0 saturated carbocycles. The smallest absolute Gasteiger partial charge is 0.319 e. The molecule has 2 N–H and O–H groups in total. The van der Waals surface area contributed by atoms with Gasteiger partial charge < -0.3 is 20.3 Å². The van der Waals surface area contributed by atoms with Gasteiger partial charge in [0.15, 0.2) is 0 Å². The molecule has 3 rings (SSSR count). The summed E-state index contributed by atoms with van der Waals surface area (Å²) < 4.78 is 5.76. The van der Waals surface area contributed by atoms with Crippen LogP contribution < -0.4 is 15.4 Å². The first kappa shape index (κ1) is 21.7. The molecule has 1 aliphatic rings. The van der Waals surface area contributed by atoms with Gasteiger partial charge in [0, 0.05) is 30.7 Å². The van der Waals surface area contributed by atoms with Crippen LogP contribution in [0.5, 0.6) is 11.5 Å². The molecular weight excluding hydrogens is 378 g/mol. The van der Waals surface area contributed by atoms with Gasteiger partial charge in [-0.2, -0.15) is 0 Å². The minimum atomic E-state index is -0.225. The Balaban J connectivity index is 1.43. The van der Waals surface area contributed by atoms with Crippen LogP contribution in [0.25, 0.3) is 0 Å².